The molecule has 1 rings (SSSR count). The van der Waals surface area contributed by atoms with Crippen molar-refractivity contribution < 1.29 is 8.42 Å². The van der Waals surface area contributed by atoms with Crippen molar-refractivity contribution in [3.8, 4) is 0 Å². The van der Waals surface area contributed by atoms with Crippen molar-refractivity contribution in [2.45, 2.75) is 6.54 Å². The molecule has 2 N–H and O–H groups in total. The molecule has 9 heteroatoms. The Hall–Kier alpha value is -1.38. The third kappa shape index (κ3) is 4.34. The van der Waals surface area contributed by atoms with Crippen LogP contribution >= 0.6 is 11.6 Å². The molecule has 0 amide bonds. The molecule has 0 aliphatic heterocycles. The Labute approximate surface area is 116 Å². The minimum Gasteiger partial charge on any atom is -0.381 e. The predicted octanol–water partition coefficient (Wildman–Crippen LogP) is 0.0438. The summed E-state index contributed by atoms with van der Waals surface area (Å²) in [5, 5.41) is 6.62. The van der Waals surface area contributed by atoms with E-state index in [0.717, 1.165) is 4.68 Å². The van der Waals surface area contributed by atoms with Crippen molar-refractivity contribution in [3.63, 3.8) is 0 Å². The fraction of sp³-hybridized carbons (Fsp3) is 0.400. The number of sulfonamides is 1. The Bertz CT molecular complexity index is 612. The van der Waals surface area contributed by atoms with Gasteiger partial charge in [0.1, 0.15) is 5.02 Å². The molecule has 0 saturated heterocycles. The van der Waals surface area contributed by atoms with Gasteiger partial charge in [-0.15, -0.1) is 6.58 Å². The highest BCUT2D eigenvalue weighted by molar-refractivity contribution is 7.89. The first kappa shape index (κ1) is 15.7. The van der Waals surface area contributed by atoms with Gasteiger partial charge in [-0.2, -0.15) is 5.10 Å². The van der Waals surface area contributed by atoms with Gasteiger partial charge in [-0.25, -0.2) is 17.8 Å². The largest absolute Gasteiger partial charge is 0.381 e. The van der Waals surface area contributed by atoms with E-state index in [0.29, 0.717) is 5.69 Å². The van der Waals surface area contributed by atoms with E-state index in [1.165, 1.54) is 19.3 Å². The van der Waals surface area contributed by atoms with Gasteiger partial charge in [-0.05, 0) is 7.05 Å². The van der Waals surface area contributed by atoms with Gasteiger partial charge in [0.2, 0.25) is 10.0 Å². The number of aromatic nitrogens is 2. The number of hydrogen-bond donors (Lipinski definition) is 2. The summed E-state index contributed by atoms with van der Waals surface area (Å²) in [6.45, 7) is 3.88. The lowest BCUT2D eigenvalue weighted by Crippen LogP contribution is -2.27. The highest BCUT2D eigenvalue weighted by atomic mass is 35.5. The standard InChI is InChI=1S/C10H15ClN4O3S/c1-3-5-15-10(16)9(11)8(7-14-15)13-4-6-19(17,18)12-2/h3,7,12-13H,1,4-6H2,2H3. The van der Waals surface area contributed by atoms with Crippen LogP contribution in [0.5, 0.6) is 0 Å². The average molecular weight is 307 g/mol. The molecule has 0 aliphatic rings. The second-order valence-corrected chi connectivity index (χ2v) is 6.02. The van der Waals surface area contributed by atoms with E-state index >= 15 is 0 Å². The molecule has 1 heterocycles. The zero-order chi connectivity index (χ0) is 14.5. The van der Waals surface area contributed by atoms with Crippen molar-refractivity contribution >= 4 is 27.3 Å². The first-order valence-electron chi connectivity index (χ1n) is 5.43. The van der Waals surface area contributed by atoms with Crippen LogP contribution in [0.4, 0.5) is 5.69 Å². The van der Waals surface area contributed by atoms with Crippen LogP contribution in [-0.4, -0.2) is 37.5 Å². The molecule has 1 aromatic heterocycles. The van der Waals surface area contributed by atoms with Gasteiger partial charge < -0.3 is 5.32 Å². The summed E-state index contributed by atoms with van der Waals surface area (Å²) in [5.41, 5.74) is -0.152. The summed E-state index contributed by atoms with van der Waals surface area (Å²) in [4.78, 5) is 11.7. The van der Waals surface area contributed by atoms with Crippen LogP contribution in [0.2, 0.25) is 5.02 Å². The maximum atomic E-state index is 11.7. The molecule has 0 atom stereocenters. The van der Waals surface area contributed by atoms with Crippen molar-refractivity contribution in [1.82, 2.24) is 14.5 Å². The lowest BCUT2D eigenvalue weighted by atomic mass is 10.4. The molecular weight excluding hydrogens is 292 g/mol. The second-order valence-electron chi connectivity index (χ2n) is 3.60. The predicted molar refractivity (Wildman–Crippen MR) is 75.0 cm³/mol. The minimum absolute atomic E-state index is 0.0290. The fourth-order valence-electron chi connectivity index (χ4n) is 1.26. The highest BCUT2D eigenvalue weighted by Gasteiger charge is 2.10. The van der Waals surface area contributed by atoms with E-state index in [9.17, 15) is 13.2 Å². The van der Waals surface area contributed by atoms with Crippen molar-refractivity contribution in [1.29, 1.82) is 0 Å². The lowest BCUT2D eigenvalue weighted by molar-refractivity contribution is 0.588. The maximum Gasteiger partial charge on any atom is 0.287 e. The van der Waals surface area contributed by atoms with Crippen molar-refractivity contribution in [2.24, 2.45) is 0 Å². The summed E-state index contributed by atoms with van der Waals surface area (Å²) in [5.74, 6) is -0.129. The summed E-state index contributed by atoms with van der Waals surface area (Å²) >= 11 is 5.88. The fourth-order valence-corrected chi connectivity index (χ4v) is 2.05. The number of nitrogens with zero attached hydrogens (tertiary/aromatic N) is 2. The van der Waals surface area contributed by atoms with Gasteiger partial charge in [-0.1, -0.05) is 17.7 Å². The zero-order valence-electron chi connectivity index (χ0n) is 10.4. The Morgan fingerprint density at radius 1 is 1.58 bits per heavy atom. The summed E-state index contributed by atoms with van der Waals surface area (Å²) < 4.78 is 25.8. The number of hydrogen-bond acceptors (Lipinski definition) is 5. The molecule has 0 aliphatic carbocycles. The van der Waals surface area contributed by atoms with E-state index in [-0.39, 0.29) is 23.9 Å². The molecular formula is C10H15ClN4O3S. The normalized spacial score (nSPS) is 11.3. The molecule has 7 nitrogen and oxygen atoms in total. The molecule has 0 aromatic carbocycles. The Morgan fingerprint density at radius 2 is 2.26 bits per heavy atom. The van der Waals surface area contributed by atoms with Crippen LogP contribution in [-0.2, 0) is 16.6 Å². The molecule has 0 unspecified atom stereocenters. The molecule has 0 fully saturated rings. The third-order valence-corrected chi connectivity index (χ3v) is 4.01. The molecule has 0 saturated carbocycles. The van der Waals surface area contributed by atoms with Gasteiger partial charge in [0.05, 0.1) is 24.2 Å². The van der Waals surface area contributed by atoms with Gasteiger partial charge in [0.25, 0.3) is 5.56 Å². The molecule has 0 radical (unpaired) electrons. The van der Waals surface area contributed by atoms with E-state index in [4.69, 9.17) is 11.6 Å². The molecule has 0 bridgehead atoms. The highest BCUT2D eigenvalue weighted by Crippen LogP contribution is 2.14. The van der Waals surface area contributed by atoms with Crippen LogP contribution in [0.15, 0.2) is 23.6 Å². The first-order chi connectivity index (χ1) is 8.91. The Kier molecular flexibility index (Phi) is 5.52. The smallest absolute Gasteiger partial charge is 0.287 e. The molecule has 1 aromatic rings. The summed E-state index contributed by atoms with van der Waals surface area (Å²) in [6, 6.07) is 0. The topological polar surface area (TPSA) is 93.1 Å². The van der Waals surface area contributed by atoms with E-state index in [1.807, 2.05) is 0 Å². The van der Waals surface area contributed by atoms with Gasteiger partial charge >= 0.3 is 0 Å². The molecule has 19 heavy (non-hydrogen) atoms. The van der Waals surface area contributed by atoms with E-state index < -0.39 is 15.6 Å². The van der Waals surface area contributed by atoms with E-state index in [2.05, 4.69) is 21.7 Å². The van der Waals surface area contributed by atoms with Gasteiger partial charge in [-0.3, -0.25) is 4.79 Å². The number of anilines is 1. The zero-order valence-corrected chi connectivity index (χ0v) is 12.0. The first-order valence-corrected chi connectivity index (χ1v) is 7.46. The Balaban J connectivity index is 2.78. The van der Waals surface area contributed by atoms with Crippen LogP contribution in [0.3, 0.4) is 0 Å². The molecule has 106 valence electrons. The van der Waals surface area contributed by atoms with Gasteiger partial charge in [0.15, 0.2) is 0 Å². The number of allylic oxidation sites excluding steroid dienone is 1. The van der Waals surface area contributed by atoms with Crippen molar-refractivity contribution in [2.75, 3.05) is 24.7 Å². The number of nitrogens with one attached hydrogen (secondary N) is 2. The van der Waals surface area contributed by atoms with Crippen LogP contribution in [0.1, 0.15) is 0 Å². The van der Waals surface area contributed by atoms with Crippen molar-refractivity contribution in [3.05, 3.63) is 34.2 Å². The minimum atomic E-state index is -3.30. The maximum absolute atomic E-state index is 11.7. The second kappa shape index (κ2) is 6.69. The third-order valence-electron chi connectivity index (χ3n) is 2.28. The number of rotatable bonds is 7. The summed E-state index contributed by atoms with van der Waals surface area (Å²) in [7, 11) is -1.97. The van der Waals surface area contributed by atoms with Crippen LogP contribution in [0, 0.1) is 0 Å². The Morgan fingerprint density at radius 3 is 2.84 bits per heavy atom. The van der Waals surface area contributed by atoms with Crippen LogP contribution in [0.25, 0.3) is 0 Å². The van der Waals surface area contributed by atoms with E-state index in [1.54, 1.807) is 0 Å². The quantitative estimate of drug-likeness (QED) is 0.694. The monoisotopic (exact) mass is 306 g/mol. The van der Waals surface area contributed by atoms with Crippen LogP contribution < -0.4 is 15.6 Å². The number of halogens is 1. The molecule has 0 spiro atoms. The lowest BCUT2D eigenvalue weighted by Gasteiger charge is -2.09. The summed E-state index contributed by atoms with van der Waals surface area (Å²) in [6.07, 6.45) is 2.90. The van der Waals surface area contributed by atoms with Gasteiger partial charge in [0, 0.05) is 6.54 Å². The average Bonchev–Trinajstić information content (AvgIpc) is 2.38. The SMILES string of the molecule is C=CCn1ncc(NCCS(=O)(=O)NC)c(Cl)c1=O.